The van der Waals surface area contributed by atoms with E-state index >= 15 is 0 Å². The molecule has 0 atom stereocenters. The Balaban J connectivity index is 1.75. The minimum Gasteiger partial charge on any atom is -0.493 e. The van der Waals surface area contributed by atoms with Crippen LogP contribution in [0.5, 0.6) is 11.5 Å². The van der Waals surface area contributed by atoms with Gasteiger partial charge >= 0.3 is 5.97 Å². The lowest BCUT2D eigenvalue weighted by Gasteiger charge is -2.19. The molecule has 1 N–H and O–H groups in total. The molecule has 1 heterocycles. The Morgan fingerprint density at radius 3 is 2.45 bits per heavy atom. The third-order valence-corrected chi connectivity index (χ3v) is 5.84. The molecule has 0 aliphatic rings. The summed E-state index contributed by atoms with van der Waals surface area (Å²) in [6.07, 6.45) is 0. The Morgan fingerprint density at radius 1 is 1.03 bits per heavy atom. The Bertz CT molecular complexity index is 1100. The van der Waals surface area contributed by atoms with Gasteiger partial charge in [-0.1, -0.05) is 42.5 Å². The molecule has 0 saturated carbocycles. The molecule has 1 aromatic heterocycles. The SMILES string of the molecule is CCOC(=O)c1c(-c2ccccc2)csc1NC(=O)CN(C)Cc1cccc(OC)c1OC. The molecule has 33 heavy (non-hydrogen) atoms. The number of esters is 1. The van der Waals surface area contributed by atoms with Crippen molar-refractivity contribution in [2.45, 2.75) is 13.5 Å². The van der Waals surface area contributed by atoms with E-state index in [2.05, 4.69) is 5.32 Å². The van der Waals surface area contributed by atoms with Crippen LogP contribution in [0.3, 0.4) is 0 Å². The summed E-state index contributed by atoms with van der Waals surface area (Å²) in [6, 6.07) is 15.2. The normalized spacial score (nSPS) is 10.7. The van der Waals surface area contributed by atoms with Gasteiger partial charge in [-0.25, -0.2) is 4.79 Å². The average Bonchev–Trinajstić information content (AvgIpc) is 3.22. The number of hydrogen-bond donors (Lipinski definition) is 1. The van der Waals surface area contributed by atoms with Gasteiger partial charge in [-0.05, 0) is 25.6 Å². The second-order valence-corrected chi connectivity index (χ2v) is 8.19. The van der Waals surface area contributed by atoms with E-state index in [1.807, 2.05) is 65.9 Å². The highest BCUT2D eigenvalue weighted by Crippen LogP contribution is 2.36. The van der Waals surface area contributed by atoms with Crippen LogP contribution < -0.4 is 14.8 Å². The fraction of sp³-hybridized carbons (Fsp3) is 0.280. The average molecular weight is 469 g/mol. The van der Waals surface area contributed by atoms with E-state index in [0.29, 0.717) is 28.6 Å². The summed E-state index contributed by atoms with van der Waals surface area (Å²) >= 11 is 1.31. The number of methoxy groups -OCH3 is 2. The van der Waals surface area contributed by atoms with Gasteiger partial charge in [-0.2, -0.15) is 0 Å². The molecule has 0 unspecified atom stereocenters. The fourth-order valence-electron chi connectivity index (χ4n) is 3.52. The summed E-state index contributed by atoms with van der Waals surface area (Å²) in [7, 11) is 5.02. The van der Waals surface area contributed by atoms with Crippen molar-refractivity contribution in [3.05, 3.63) is 65.0 Å². The van der Waals surface area contributed by atoms with E-state index in [1.54, 1.807) is 21.1 Å². The van der Waals surface area contributed by atoms with E-state index in [9.17, 15) is 9.59 Å². The molecule has 0 fully saturated rings. The molecule has 0 saturated heterocycles. The number of nitrogens with one attached hydrogen (secondary N) is 1. The highest BCUT2D eigenvalue weighted by Gasteiger charge is 2.23. The van der Waals surface area contributed by atoms with E-state index in [0.717, 1.165) is 16.7 Å². The van der Waals surface area contributed by atoms with Gasteiger partial charge in [0.05, 0.1) is 27.4 Å². The van der Waals surface area contributed by atoms with Crippen LogP contribution in [0.2, 0.25) is 0 Å². The Kier molecular flexibility index (Phi) is 8.46. The van der Waals surface area contributed by atoms with Crippen LogP contribution in [0.4, 0.5) is 5.00 Å². The summed E-state index contributed by atoms with van der Waals surface area (Å²) in [5.41, 5.74) is 2.91. The van der Waals surface area contributed by atoms with E-state index in [4.69, 9.17) is 14.2 Å². The molecule has 174 valence electrons. The van der Waals surface area contributed by atoms with Crippen LogP contribution in [0.25, 0.3) is 11.1 Å². The van der Waals surface area contributed by atoms with Crippen LogP contribution in [0, 0.1) is 0 Å². The fourth-order valence-corrected chi connectivity index (χ4v) is 4.50. The quantitative estimate of drug-likeness (QED) is 0.436. The summed E-state index contributed by atoms with van der Waals surface area (Å²) in [6.45, 7) is 2.62. The first-order valence-corrected chi connectivity index (χ1v) is 11.4. The first kappa shape index (κ1) is 24.3. The zero-order valence-electron chi connectivity index (χ0n) is 19.2. The lowest BCUT2D eigenvalue weighted by atomic mass is 10.0. The third-order valence-electron chi connectivity index (χ3n) is 4.95. The molecule has 3 rings (SSSR count). The molecule has 7 nitrogen and oxygen atoms in total. The molecule has 0 radical (unpaired) electrons. The summed E-state index contributed by atoms with van der Waals surface area (Å²) < 4.78 is 16.1. The molecule has 1 amide bonds. The van der Waals surface area contributed by atoms with Crippen molar-refractivity contribution in [3.8, 4) is 22.6 Å². The molecule has 0 spiro atoms. The number of ether oxygens (including phenoxy) is 3. The number of rotatable bonds is 10. The monoisotopic (exact) mass is 468 g/mol. The largest absolute Gasteiger partial charge is 0.493 e. The number of anilines is 1. The van der Waals surface area contributed by atoms with Crippen molar-refractivity contribution in [1.82, 2.24) is 4.90 Å². The highest BCUT2D eigenvalue weighted by atomic mass is 32.1. The van der Waals surface area contributed by atoms with Gasteiger partial charge in [0.1, 0.15) is 10.6 Å². The minimum atomic E-state index is -0.456. The van der Waals surface area contributed by atoms with Gasteiger partial charge in [0.2, 0.25) is 5.91 Å². The number of nitrogens with zero attached hydrogens (tertiary/aromatic N) is 1. The standard InChI is InChI=1S/C25H28N2O5S/c1-5-32-25(29)22-19(17-10-7-6-8-11-17)16-33-24(22)26-21(28)15-27(2)14-18-12-9-13-20(30-3)23(18)31-4/h6-13,16H,5,14-15H2,1-4H3,(H,26,28). The third kappa shape index (κ3) is 5.91. The zero-order valence-corrected chi connectivity index (χ0v) is 20.0. The number of carbonyl (C=O) groups is 2. The summed E-state index contributed by atoms with van der Waals surface area (Å²) in [5.74, 6) is 0.593. The van der Waals surface area contributed by atoms with Crippen LogP contribution in [-0.4, -0.2) is 51.2 Å². The van der Waals surface area contributed by atoms with Gasteiger partial charge in [0.25, 0.3) is 0 Å². The number of likely N-dealkylation sites (N-methyl/N-ethyl adjacent to an activating group) is 1. The topological polar surface area (TPSA) is 77.1 Å². The lowest BCUT2D eigenvalue weighted by molar-refractivity contribution is -0.117. The maximum Gasteiger partial charge on any atom is 0.341 e. The first-order chi connectivity index (χ1) is 16.0. The Morgan fingerprint density at radius 2 is 1.79 bits per heavy atom. The first-order valence-electron chi connectivity index (χ1n) is 10.5. The number of thiophene rings is 1. The van der Waals surface area contributed by atoms with Crippen molar-refractivity contribution >= 4 is 28.2 Å². The Hall–Kier alpha value is -3.36. The molecule has 0 aliphatic carbocycles. The summed E-state index contributed by atoms with van der Waals surface area (Å²) in [4.78, 5) is 27.4. The van der Waals surface area contributed by atoms with Crippen molar-refractivity contribution in [2.24, 2.45) is 0 Å². The van der Waals surface area contributed by atoms with Crippen molar-refractivity contribution in [2.75, 3.05) is 39.7 Å². The molecule has 0 aliphatic heterocycles. The Labute approximate surface area is 197 Å². The van der Waals surface area contributed by atoms with Gasteiger partial charge < -0.3 is 19.5 Å². The number of amides is 1. The zero-order chi connectivity index (χ0) is 23.8. The van der Waals surface area contributed by atoms with Gasteiger partial charge in [0.15, 0.2) is 11.5 Å². The van der Waals surface area contributed by atoms with E-state index in [1.165, 1.54) is 11.3 Å². The number of benzene rings is 2. The maximum absolute atomic E-state index is 12.8. The van der Waals surface area contributed by atoms with Crippen molar-refractivity contribution in [3.63, 3.8) is 0 Å². The molecule has 0 bridgehead atoms. The highest BCUT2D eigenvalue weighted by molar-refractivity contribution is 7.15. The smallest absolute Gasteiger partial charge is 0.341 e. The van der Waals surface area contributed by atoms with E-state index in [-0.39, 0.29) is 19.1 Å². The molecule has 3 aromatic rings. The number of para-hydroxylation sites is 1. The predicted octanol–water partition coefficient (Wildman–Crippen LogP) is 4.68. The number of hydrogen-bond acceptors (Lipinski definition) is 7. The second-order valence-electron chi connectivity index (χ2n) is 7.31. The van der Waals surface area contributed by atoms with Crippen molar-refractivity contribution < 1.29 is 23.8 Å². The van der Waals surface area contributed by atoms with E-state index < -0.39 is 5.97 Å². The molecule has 8 heteroatoms. The molecular weight excluding hydrogens is 440 g/mol. The number of carbonyl (C=O) groups excluding carboxylic acids is 2. The lowest BCUT2D eigenvalue weighted by Crippen LogP contribution is -2.30. The summed E-state index contributed by atoms with van der Waals surface area (Å²) in [5, 5.41) is 5.23. The van der Waals surface area contributed by atoms with Crippen LogP contribution in [0.1, 0.15) is 22.8 Å². The van der Waals surface area contributed by atoms with Gasteiger partial charge in [0, 0.05) is 23.1 Å². The predicted molar refractivity (Wildman–Crippen MR) is 130 cm³/mol. The van der Waals surface area contributed by atoms with Gasteiger partial charge in [-0.3, -0.25) is 9.69 Å². The van der Waals surface area contributed by atoms with Crippen LogP contribution in [0.15, 0.2) is 53.9 Å². The second kappa shape index (κ2) is 11.5. The molecule has 2 aromatic carbocycles. The minimum absolute atomic E-state index is 0.126. The maximum atomic E-state index is 12.8. The van der Waals surface area contributed by atoms with Crippen LogP contribution in [-0.2, 0) is 16.1 Å². The molecular formula is C25H28N2O5S. The van der Waals surface area contributed by atoms with Crippen LogP contribution >= 0.6 is 11.3 Å². The van der Waals surface area contributed by atoms with Gasteiger partial charge in [-0.15, -0.1) is 11.3 Å². The van der Waals surface area contributed by atoms with Crippen molar-refractivity contribution in [1.29, 1.82) is 0 Å².